The fourth-order valence-electron chi connectivity index (χ4n) is 3.69. The molecule has 2 aliphatic heterocycles. The number of rotatable bonds is 4. The Morgan fingerprint density at radius 3 is 2.44 bits per heavy atom. The number of hydrogen-bond donors (Lipinski definition) is 2. The number of hydrogen-bond acceptors (Lipinski definition) is 5. The van der Waals surface area contributed by atoms with Crippen molar-refractivity contribution in [1.82, 2.24) is 15.2 Å². The van der Waals surface area contributed by atoms with Crippen LogP contribution < -0.4 is 5.43 Å². The molecule has 0 aliphatic carbocycles. The smallest absolute Gasteiger partial charge is 0.123 e. The van der Waals surface area contributed by atoms with Gasteiger partial charge in [-0.3, -0.25) is 15.2 Å². The number of β-amino-alcohol motifs (C(OH)–C–C–N with tert-alkyl or cyclic N) is 1. The van der Waals surface area contributed by atoms with E-state index in [9.17, 15) is 0 Å². The Bertz CT molecular complexity index is 738. The Balaban J connectivity index is 1.58. The van der Waals surface area contributed by atoms with Crippen LogP contribution in [0.25, 0.3) is 0 Å². The first-order chi connectivity index (χ1) is 12.4. The molecule has 0 bridgehead atoms. The number of hydrazone groups is 1. The minimum atomic E-state index is 0.111. The maximum absolute atomic E-state index is 9.12. The summed E-state index contributed by atoms with van der Waals surface area (Å²) in [5.74, 6) is 0. The average Bonchev–Trinajstić information content (AvgIpc) is 2.69. The van der Waals surface area contributed by atoms with Crippen molar-refractivity contribution in [3.63, 3.8) is 0 Å². The standard InChI is InChI=1S/C20H24N4O/c25-15-14-23-10-12-24(13-11-23)20-18-9-5-4-8-17(18)19(21-22-20)16-6-2-1-3-7-16/h1-9,20,22,25H,10-15H2. The molecule has 130 valence electrons. The molecule has 0 radical (unpaired) electrons. The first-order valence-electron chi connectivity index (χ1n) is 8.92. The van der Waals surface area contributed by atoms with E-state index < -0.39 is 0 Å². The summed E-state index contributed by atoms with van der Waals surface area (Å²) in [7, 11) is 0. The van der Waals surface area contributed by atoms with Crippen LogP contribution in [-0.2, 0) is 0 Å². The molecule has 0 spiro atoms. The van der Waals surface area contributed by atoms with Crippen molar-refractivity contribution in [2.24, 2.45) is 5.10 Å². The second-order valence-electron chi connectivity index (χ2n) is 6.55. The van der Waals surface area contributed by atoms with E-state index in [-0.39, 0.29) is 12.8 Å². The number of piperazine rings is 1. The van der Waals surface area contributed by atoms with Gasteiger partial charge in [-0.15, -0.1) is 0 Å². The zero-order valence-electron chi connectivity index (χ0n) is 14.3. The van der Waals surface area contributed by atoms with E-state index in [4.69, 9.17) is 10.2 Å². The SMILES string of the molecule is OCCN1CCN(C2NN=C(c3ccccc3)c3ccccc32)CC1. The molecule has 5 heteroatoms. The first-order valence-corrected chi connectivity index (χ1v) is 8.92. The summed E-state index contributed by atoms with van der Waals surface area (Å²) >= 11 is 0. The third kappa shape index (κ3) is 3.31. The lowest BCUT2D eigenvalue weighted by atomic mass is 9.94. The van der Waals surface area contributed by atoms with Crippen LogP contribution in [0.2, 0.25) is 0 Å². The van der Waals surface area contributed by atoms with Gasteiger partial charge in [-0.25, -0.2) is 0 Å². The lowest BCUT2D eigenvalue weighted by Crippen LogP contribution is -2.51. The highest BCUT2D eigenvalue weighted by atomic mass is 16.3. The predicted molar refractivity (Wildman–Crippen MR) is 99.5 cm³/mol. The summed E-state index contributed by atoms with van der Waals surface area (Å²) < 4.78 is 0. The molecule has 1 fully saturated rings. The van der Waals surface area contributed by atoms with E-state index in [0.717, 1.165) is 44.0 Å². The fraction of sp³-hybridized carbons (Fsp3) is 0.350. The topological polar surface area (TPSA) is 51.1 Å². The summed E-state index contributed by atoms with van der Waals surface area (Å²) in [6.45, 7) is 4.91. The van der Waals surface area contributed by atoms with Gasteiger partial charge in [0.1, 0.15) is 6.17 Å². The molecule has 0 amide bonds. The van der Waals surface area contributed by atoms with Crippen LogP contribution in [0.1, 0.15) is 22.9 Å². The lowest BCUT2D eigenvalue weighted by molar-refractivity contribution is 0.0707. The second kappa shape index (κ2) is 7.35. The molecule has 4 rings (SSSR count). The summed E-state index contributed by atoms with van der Waals surface area (Å²) in [6, 6.07) is 18.9. The maximum atomic E-state index is 9.12. The van der Waals surface area contributed by atoms with Crippen LogP contribution in [0.3, 0.4) is 0 Å². The molecule has 25 heavy (non-hydrogen) atoms. The first kappa shape index (κ1) is 16.3. The number of benzene rings is 2. The van der Waals surface area contributed by atoms with Crippen LogP contribution in [0.5, 0.6) is 0 Å². The van der Waals surface area contributed by atoms with Gasteiger partial charge < -0.3 is 5.11 Å². The Labute approximate surface area is 148 Å². The molecule has 2 aliphatic rings. The number of nitrogens with zero attached hydrogens (tertiary/aromatic N) is 3. The molecule has 2 heterocycles. The van der Waals surface area contributed by atoms with Gasteiger partial charge in [-0.1, -0.05) is 54.6 Å². The van der Waals surface area contributed by atoms with Crippen molar-refractivity contribution < 1.29 is 5.11 Å². The third-order valence-electron chi connectivity index (χ3n) is 5.04. The van der Waals surface area contributed by atoms with E-state index in [1.54, 1.807) is 0 Å². The van der Waals surface area contributed by atoms with Crippen LogP contribution in [0.15, 0.2) is 59.7 Å². The molecule has 2 N–H and O–H groups in total. The summed E-state index contributed by atoms with van der Waals surface area (Å²) in [4.78, 5) is 4.75. The largest absolute Gasteiger partial charge is 0.395 e. The minimum Gasteiger partial charge on any atom is -0.395 e. The fourth-order valence-corrected chi connectivity index (χ4v) is 3.69. The monoisotopic (exact) mass is 336 g/mol. The van der Waals surface area contributed by atoms with Crippen LogP contribution in [-0.4, -0.2) is 59.9 Å². The molecule has 0 saturated carbocycles. The van der Waals surface area contributed by atoms with Crippen molar-refractivity contribution >= 4 is 5.71 Å². The summed E-state index contributed by atoms with van der Waals surface area (Å²) in [5.41, 5.74) is 8.01. The molecule has 1 atom stereocenters. The van der Waals surface area contributed by atoms with Gasteiger partial charge in [0.05, 0.1) is 12.3 Å². The predicted octanol–water partition coefficient (Wildman–Crippen LogP) is 1.65. The van der Waals surface area contributed by atoms with Crippen molar-refractivity contribution in [2.45, 2.75) is 6.17 Å². The molecule has 1 saturated heterocycles. The molecular weight excluding hydrogens is 312 g/mol. The highest BCUT2D eigenvalue weighted by Gasteiger charge is 2.30. The van der Waals surface area contributed by atoms with Crippen molar-refractivity contribution in [2.75, 3.05) is 39.3 Å². The summed E-state index contributed by atoms with van der Waals surface area (Å²) in [6.07, 6.45) is 0.111. The molecular formula is C20H24N4O. The zero-order chi connectivity index (χ0) is 17.1. The van der Waals surface area contributed by atoms with E-state index in [2.05, 4.69) is 51.6 Å². The van der Waals surface area contributed by atoms with Crippen LogP contribution in [0.4, 0.5) is 0 Å². The third-order valence-corrected chi connectivity index (χ3v) is 5.04. The van der Waals surface area contributed by atoms with E-state index in [1.165, 1.54) is 11.1 Å². The summed E-state index contributed by atoms with van der Waals surface area (Å²) in [5, 5.41) is 13.8. The number of fused-ring (bicyclic) bond motifs is 1. The Morgan fingerprint density at radius 2 is 1.68 bits per heavy atom. The molecule has 1 unspecified atom stereocenters. The lowest BCUT2D eigenvalue weighted by Gasteiger charge is -2.40. The van der Waals surface area contributed by atoms with Gasteiger partial charge in [-0.05, 0) is 5.56 Å². The Hall–Kier alpha value is -2.21. The van der Waals surface area contributed by atoms with E-state index in [1.807, 2.05) is 18.2 Å². The maximum Gasteiger partial charge on any atom is 0.123 e. The number of aliphatic hydroxyl groups excluding tert-OH is 1. The van der Waals surface area contributed by atoms with Gasteiger partial charge in [0, 0.05) is 43.9 Å². The van der Waals surface area contributed by atoms with Crippen molar-refractivity contribution in [1.29, 1.82) is 0 Å². The highest BCUT2D eigenvalue weighted by Crippen LogP contribution is 2.28. The highest BCUT2D eigenvalue weighted by molar-refractivity contribution is 6.14. The quantitative estimate of drug-likeness (QED) is 0.891. The van der Waals surface area contributed by atoms with Gasteiger partial charge in [0.15, 0.2) is 0 Å². The molecule has 0 aromatic heterocycles. The Kier molecular flexibility index (Phi) is 4.78. The Morgan fingerprint density at radius 1 is 0.960 bits per heavy atom. The molecule has 2 aromatic rings. The van der Waals surface area contributed by atoms with Gasteiger partial charge in [0.2, 0.25) is 0 Å². The number of nitrogens with one attached hydrogen (secondary N) is 1. The van der Waals surface area contributed by atoms with E-state index >= 15 is 0 Å². The van der Waals surface area contributed by atoms with Crippen molar-refractivity contribution in [3.8, 4) is 0 Å². The average molecular weight is 336 g/mol. The molecule has 5 nitrogen and oxygen atoms in total. The van der Waals surface area contributed by atoms with Crippen LogP contribution in [0, 0.1) is 0 Å². The van der Waals surface area contributed by atoms with Gasteiger partial charge in [-0.2, -0.15) is 5.10 Å². The molecule has 2 aromatic carbocycles. The van der Waals surface area contributed by atoms with Gasteiger partial charge in [0.25, 0.3) is 0 Å². The minimum absolute atomic E-state index is 0.111. The van der Waals surface area contributed by atoms with Gasteiger partial charge >= 0.3 is 0 Å². The zero-order valence-corrected chi connectivity index (χ0v) is 14.3. The van der Waals surface area contributed by atoms with E-state index in [0.29, 0.717) is 0 Å². The normalized spacial score (nSPS) is 21.3. The number of aliphatic hydroxyl groups is 1. The van der Waals surface area contributed by atoms with Crippen molar-refractivity contribution in [3.05, 3.63) is 71.3 Å². The second-order valence-corrected chi connectivity index (χ2v) is 6.55. The van der Waals surface area contributed by atoms with Crippen LogP contribution >= 0.6 is 0 Å².